The summed E-state index contributed by atoms with van der Waals surface area (Å²) in [5.41, 5.74) is 0.692. The van der Waals surface area contributed by atoms with E-state index in [-0.39, 0.29) is 17.3 Å². The molecule has 0 bridgehead atoms. The number of amides is 1. The summed E-state index contributed by atoms with van der Waals surface area (Å²) >= 11 is 0. The van der Waals surface area contributed by atoms with Crippen molar-refractivity contribution in [2.45, 2.75) is 37.2 Å². The molecule has 1 N–H and O–H groups in total. The van der Waals surface area contributed by atoms with E-state index in [1.807, 2.05) is 0 Å². The second kappa shape index (κ2) is 5.60. The normalized spacial score (nSPS) is 25.0. The smallest absolute Gasteiger partial charge is 0.407 e. The van der Waals surface area contributed by atoms with Crippen molar-refractivity contribution in [3.8, 4) is 0 Å². The van der Waals surface area contributed by atoms with Gasteiger partial charge in [0.25, 0.3) is 0 Å². The number of carbonyl (C=O) groups is 1. The van der Waals surface area contributed by atoms with Gasteiger partial charge >= 0.3 is 6.09 Å². The minimum atomic E-state index is -0.853. The second-order valence-electron chi connectivity index (χ2n) is 5.90. The summed E-state index contributed by atoms with van der Waals surface area (Å²) in [6.07, 6.45) is 3.75. The minimum absolute atomic E-state index is 0.178. The zero-order valence-electron chi connectivity index (χ0n) is 11.8. The van der Waals surface area contributed by atoms with Gasteiger partial charge in [0, 0.05) is 24.7 Å². The van der Waals surface area contributed by atoms with Crippen molar-refractivity contribution in [3.05, 3.63) is 29.8 Å². The molecule has 21 heavy (non-hydrogen) atoms. The maximum Gasteiger partial charge on any atom is 0.407 e. The average molecular weight is 294 g/mol. The summed E-state index contributed by atoms with van der Waals surface area (Å²) < 4.78 is 19.0. The van der Waals surface area contributed by atoms with Gasteiger partial charge in [-0.1, -0.05) is 0 Å². The monoisotopic (exact) mass is 294 g/mol. The summed E-state index contributed by atoms with van der Waals surface area (Å²) in [6, 6.07) is 3.15. The molecular formula is C15H19FN2O3. The molecule has 1 atom stereocenters. The summed E-state index contributed by atoms with van der Waals surface area (Å²) in [7, 11) is 0. The van der Waals surface area contributed by atoms with Crippen LogP contribution in [0.1, 0.15) is 37.3 Å². The van der Waals surface area contributed by atoms with Gasteiger partial charge in [-0.2, -0.15) is 0 Å². The number of likely N-dealkylation sites (tertiary alicyclic amines) is 1. The number of carboxylic acid groups (broad SMARTS) is 1. The highest BCUT2D eigenvalue weighted by Gasteiger charge is 2.40. The Balaban J connectivity index is 1.58. The Morgan fingerprint density at radius 3 is 2.67 bits per heavy atom. The predicted octanol–water partition coefficient (Wildman–Crippen LogP) is 2.63. The molecule has 3 rings (SSSR count). The van der Waals surface area contributed by atoms with E-state index in [0.717, 1.165) is 31.4 Å². The number of aromatic nitrogens is 1. The van der Waals surface area contributed by atoms with Crippen molar-refractivity contribution in [2.24, 2.45) is 0 Å². The van der Waals surface area contributed by atoms with Gasteiger partial charge in [-0.05, 0) is 37.8 Å². The van der Waals surface area contributed by atoms with Crippen molar-refractivity contribution < 1.29 is 19.0 Å². The summed E-state index contributed by atoms with van der Waals surface area (Å²) in [4.78, 5) is 16.5. The van der Waals surface area contributed by atoms with Crippen LogP contribution in [0.4, 0.5) is 9.18 Å². The lowest BCUT2D eigenvalue weighted by Crippen LogP contribution is -2.50. The number of nitrogens with zero attached hydrogens (tertiary/aromatic N) is 2. The van der Waals surface area contributed by atoms with E-state index in [9.17, 15) is 9.18 Å². The molecule has 2 fully saturated rings. The van der Waals surface area contributed by atoms with Crippen LogP contribution in [0.2, 0.25) is 0 Å². The molecule has 0 aromatic carbocycles. The highest BCUT2D eigenvalue weighted by Crippen LogP contribution is 2.39. The summed E-state index contributed by atoms with van der Waals surface area (Å²) in [5, 5.41) is 8.98. The minimum Gasteiger partial charge on any atom is -0.465 e. The van der Waals surface area contributed by atoms with E-state index in [1.54, 1.807) is 6.07 Å². The zero-order chi connectivity index (χ0) is 14.9. The van der Waals surface area contributed by atoms with Crippen LogP contribution in [0.15, 0.2) is 18.3 Å². The molecule has 2 aliphatic rings. The first kappa shape index (κ1) is 14.3. The number of rotatable bonds is 1. The molecule has 2 saturated heterocycles. The van der Waals surface area contributed by atoms with E-state index >= 15 is 0 Å². The van der Waals surface area contributed by atoms with E-state index in [4.69, 9.17) is 9.84 Å². The first-order valence-corrected chi connectivity index (χ1v) is 7.31. The van der Waals surface area contributed by atoms with Crippen LogP contribution in [0.5, 0.6) is 0 Å². The van der Waals surface area contributed by atoms with Gasteiger partial charge < -0.3 is 14.7 Å². The van der Waals surface area contributed by atoms with Gasteiger partial charge in [-0.3, -0.25) is 4.98 Å². The maximum absolute atomic E-state index is 12.9. The first-order chi connectivity index (χ1) is 10.1. The lowest BCUT2D eigenvalue weighted by Gasteiger charge is -2.45. The summed E-state index contributed by atoms with van der Waals surface area (Å²) in [6.45, 7) is 1.65. The molecule has 6 heteroatoms. The van der Waals surface area contributed by atoms with Crippen molar-refractivity contribution in [2.75, 3.05) is 19.7 Å². The SMILES string of the molecule is O=C(O)N1CCC2(CCC(c3ccc(F)cn3)CO2)CC1. The Bertz CT molecular complexity index is 502. The van der Waals surface area contributed by atoms with Crippen LogP contribution < -0.4 is 0 Å². The van der Waals surface area contributed by atoms with Gasteiger partial charge in [-0.25, -0.2) is 9.18 Å². The van der Waals surface area contributed by atoms with Gasteiger partial charge in [0.1, 0.15) is 5.82 Å². The van der Waals surface area contributed by atoms with Gasteiger partial charge in [0.15, 0.2) is 0 Å². The van der Waals surface area contributed by atoms with Crippen LogP contribution in [0.25, 0.3) is 0 Å². The van der Waals surface area contributed by atoms with Crippen LogP contribution in [-0.4, -0.2) is 46.4 Å². The molecule has 1 amide bonds. The number of hydrogen-bond acceptors (Lipinski definition) is 3. The quantitative estimate of drug-likeness (QED) is 0.865. The molecule has 1 aromatic heterocycles. The third kappa shape index (κ3) is 3.00. The molecule has 0 radical (unpaired) electrons. The van der Waals surface area contributed by atoms with Gasteiger partial charge in [0.2, 0.25) is 0 Å². The van der Waals surface area contributed by atoms with Crippen LogP contribution in [-0.2, 0) is 4.74 Å². The fourth-order valence-electron chi connectivity index (χ4n) is 3.23. The molecule has 0 aliphatic carbocycles. The van der Waals surface area contributed by atoms with Gasteiger partial charge in [0.05, 0.1) is 18.4 Å². The highest BCUT2D eigenvalue weighted by molar-refractivity contribution is 5.65. The average Bonchev–Trinajstić information content (AvgIpc) is 2.50. The fourth-order valence-corrected chi connectivity index (χ4v) is 3.23. The Morgan fingerprint density at radius 2 is 2.14 bits per heavy atom. The molecule has 1 aromatic rings. The van der Waals surface area contributed by atoms with Gasteiger partial charge in [-0.15, -0.1) is 0 Å². The number of pyridine rings is 1. The Morgan fingerprint density at radius 1 is 1.38 bits per heavy atom. The zero-order valence-corrected chi connectivity index (χ0v) is 11.8. The molecule has 3 heterocycles. The number of ether oxygens (including phenoxy) is 1. The molecular weight excluding hydrogens is 275 g/mol. The predicted molar refractivity (Wildman–Crippen MR) is 73.7 cm³/mol. The van der Waals surface area contributed by atoms with Crippen LogP contribution in [0.3, 0.4) is 0 Å². The topological polar surface area (TPSA) is 62.7 Å². The third-order valence-corrected chi connectivity index (χ3v) is 4.65. The van der Waals surface area contributed by atoms with E-state index in [2.05, 4.69) is 4.98 Å². The van der Waals surface area contributed by atoms with Crippen molar-refractivity contribution in [3.63, 3.8) is 0 Å². The maximum atomic E-state index is 12.9. The summed E-state index contributed by atoms with van der Waals surface area (Å²) in [5.74, 6) is -0.123. The Hall–Kier alpha value is -1.69. The fraction of sp³-hybridized carbons (Fsp3) is 0.600. The van der Waals surface area contributed by atoms with Crippen LogP contribution >= 0.6 is 0 Å². The molecule has 1 spiro atoms. The molecule has 0 saturated carbocycles. The second-order valence-corrected chi connectivity index (χ2v) is 5.90. The van der Waals surface area contributed by atoms with Crippen molar-refractivity contribution in [1.29, 1.82) is 0 Å². The van der Waals surface area contributed by atoms with E-state index < -0.39 is 6.09 Å². The lowest BCUT2D eigenvalue weighted by atomic mass is 9.81. The van der Waals surface area contributed by atoms with Crippen molar-refractivity contribution >= 4 is 6.09 Å². The molecule has 1 unspecified atom stereocenters. The Kier molecular flexibility index (Phi) is 3.80. The third-order valence-electron chi connectivity index (χ3n) is 4.65. The number of piperidine rings is 1. The largest absolute Gasteiger partial charge is 0.465 e. The highest BCUT2D eigenvalue weighted by atomic mass is 19.1. The van der Waals surface area contributed by atoms with E-state index in [1.165, 1.54) is 17.2 Å². The first-order valence-electron chi connectivity index (χ1n) is 7.31. The van der Waals surface area contributed by atoms with Crippen molar-refractivity contribution in [1.82, 2.24) is 9.88 Å². The molecule has 5 nitrogen and oxygen atoms in total. The molecule has 2 aliphatic heterocycles. The lowest BCUT2D eigenvalue weighted by molar-refractivity contribution is -0.115. The number of halogens is 1. The number of hydrogen-bond donors (Lipinski definition) is 1. The molecule has 114 valence electrons. The standard InChI is InChI=1S/C15H19FN2O3/c16-12-1-2-13(17-9-12)11-3-4-15(21-10-11)5-7-18(8-6-15)14(19)20/h1-2,9,11H,3-8,10H2,(H,19,20). The van der Waals surface area contributed by atoms with Crippen LogP contribution in [0, 0.1) is 5.82 Å². The Labute approximate surface area is 122 Å². The van der Waals surface area contributed by atoms with E-state index in [0.29, 0.717) is 19.7 Å².